The number of carboxylic acid groups (broad SMARTS) is 3. The van der Waals surface area contributed by atoms with Gasteiger partial charge < -0.3 is 25.5 Å². The van der Waals surface area contributed by atoms with Gasteiger partial charge in [-0.1, -0.05) is 24.3 Å². The molecule has 0 spiro atoms. The zero-order chi connectivity index (χ0) is 28.2. The maximum atomic E-state index is 11.4. The first-order chi connectivity index (χ1) is 18.5. The summed E-state index contributed by atoms with van der Waals surface area (Å²) in [7, 11) is 0. The summed E-state index contributed by atoms with van der Waals surface area (Å²) in [5, 5.41) is 46.4. The van der Waals surface area contributed by atoms with Crippen molar-refractivity contribution in [1.82, 2.24) is 14.9 Å². The largest absolute Gasteiger partial charge is 0.481 e. The molecule has 5 rings (SSSR count). The molecule has 1 aliphatic heterocycles. The second-order valence-corrected chi connectivity index (χ2v) is 10.2. The number of fused-ring (bicyclic) bond motifs is 2. The number of nitrogens with zero attached hydrogens (tertiary/aromatic N) is 3. The standard InChI is InChI=1S/C22H23N3O.C6H8O7/c26-22(21-8-1-2-11-24-21)10-9-17-14-25(15-19(17)22)13-16-5-3-7-20-18(16)6-4-12-23-20;7-3(8)1-6(13,5(11)12)2-4(9)10/h1-8,11-12,17,19,26H,9-10,13-15H2;13H,1-2H2,(H,7,8)(H,9,10)(H,11,12)/t17-,19+,22-;/m1./s1. The Morgan fingerprint density at radius 1 is 0.923 bits per heavy atom. The first kappa shape index (κ1) is 28.1. The fourth-order valence-electron chi connectivity index (χ4n) is 5.71. The van der Waals surface area contributed by atoms with E-state index in [1.54, 1.807) is 6.20 Å². The van der Waals surface area contributed by atoms with E-state index in [1.165, 1.54) is 10.9 Å². The van der Waals surface area contributed by atoms with Crippen molar-refractivity contribution in [3.05, 3.63) is 72.2 Å². The van der Waals surface area contributed by atoms with Gasteiger partial charge in [0.2, 0.25) is 0 Å². The Bertz CT molecular complexity index is 1330. The van der Waals surface area contributed by atoms with Crippen LogP contribution in [0.2, 0.25) is 0 Å². The monoisotopic (exact) mass is 537 g/mol. The Morgan fingerprint density at radius 2 is 1.64 bits per heavy atom. The van der Waals surface area contributed by atoms with Crippen LogP contribution < -0.4 is 0 Å². The van der Waals surface area contributed by atoms with Crippen molar-refractivity contribution >= 4 is 28.8 Å². The van der Waals surface area contributed by atoms with Gasteiger partial charge in [-0.15, -0.1) is 0 Å². The fraction of sp³-hybridized carbons (Fsp3) is 0.393. The third-order valence-corrected chi connectivity index (χ3v) is 7.55. The molecule has 11 nitrogen and oxygen atoms in total. The van der Waals surface area contributed by atoms with Crippen molar-refractivity contribution in [2.75, 3.05) is 13.1 Å². The maximum absolute atomic E-state index is 11.4. The van der Waals surface area contributed by atoms with E-state index in [4.69, 9.17) is 20.4 Å². The summed E-state index contributed by atoms with van der Waals surface area (Å²) in [6.07, 6.45) is 3.25. The summed E-state index contributed by atoms with van der Waals surface area (Å²) in [4.78, 5) is 41.9. The SMILES string of the molecule is O=C(O)CC(O)(CC(=O)O)C(=O)O.O[C@]1(c2ccccn2)CC[C@@H]2CN(Cc3cccc4ncccc34)C[C@@H]21. The third-order valence-electron chi connectivity index (χ3n) is 7.55. The van der Waals surface area contributed by atoms with Crippen molar-refractivity contribution in [3.63, 3.8) is 0 Å². The minimum absolute atomic E-state index is 0.269. The summed E-state index contributed by atoms with van der Waals surface area (Å²) in [5.74, 6) is -4.20. The van der Waals surface area contributed by atoms with Gasteiger partial charge in [0, 0.05) is 43.3 Å². The van der Waals surface area contributed by atoms with Crippen LogP contribution in [-0.4, -0.2) is 77.0 Å². The van der Waals surface area contributed by atoms with Crippen molar-refractivity contribution in [2.24, 2.45) is 11.8 Å². The van der Waals surface area contributed by atoms with Crippen LogP contribution >= 0.6 is 0 Å². The number of carboxylic acids is 3. The first-order valence-electron chi connectivity index (χ1n) is 12.6. The normalized spacial score (nSPS) is 22.6. The second kappa shape index (κ2) is 11.4. The summed E-state index contributed by atoms with van der Waals surface area (Å²) in [6.45, 7) is 2.89. The highest BCUT2D eigenvalue weighted by atomic mass is 16.4. The van der Waals surface area contributed by atoms with Crippen LogP contribution in [0.5, 0.6) is 0 Å². The number of carbonyl (C=O) groups is 3. The lowest BCUT2D eigenvalue weighted by Crippen LogP contribution is -2.42. The zero-order valence-electron chi connectivity index (χ0n) is 21.2. The van der Waals surface area contributed by atoms with Gasteiger partial charge in [-0.05, 0) is 48.6 Å². The topological polar surface area (TPSA) is 181 Å². The van der Waals surface area contributed by atoms with Crippen molar-refractivity contribution in [1.29, 1.82) is 0 Å². The minimum atomic E-state index is -2.74. The van der Waals surface area contributed by atoms with E-state index in [0.29, 0.717) is 5.92 Å². The van der Waals surface area contributed by atoms with Crippen LogP contribution in [0.15, 0.2) is 60.9 Å². The van der Waals surface area contributed by atoms with Gasteiger partial charge in [0.15, 0.2) is 5.60 Å². The lowest BCUT2D eigenvalue weighted by molar-refractivity contribution is -0.170. The molecule has 3 heterocycles. The molecule has 39 heavy (non-hydrogen) atoms. The highest BCUT2D eigenvalue weighted by Crippen LogP contribution is 2.50. The van der Waals surface area contributed by atoms with Gasteiger partial charge in [0.05, 0.1) is 24.1 Å². The Morgan fingerprint density at radius 3 is 2.28 bits per heavy atom. The van der Waals surface area contributed by atoms with E-state index < -0.39 is 42.0 Å². The number of aliphatic hydroxyl groups is 2. The molecule has 5 N–H and O–H groups in total. The number of benzene rings is 1. The van der Waals surface area contributed by atoms with Crippen LogP contribution in [0.1, 0.15) is 36.9 Å². The molecule has 0 amide bonds. The first-order valence-corrected chi connectivity index (χ1v) is 12.6. The van der Waals surface area contributed by atoms with Crippen LogP contribution in [0.4, 0.5) is 0 Å². The van der Waals surface area contributed by atoms with E-state index in [2.05, 4.69) is 39.1 Å². The molecule has 3 aromatic rings. The van der Waals surface area contributed by atoms with Crippen molar-refractivity contribution in [2.45, 2.75) is 43.4 Å². The lowest BCUT2D eigenvalue weighted by atomic mass is 9.85. The van der Waals surface area contributed by atoms with Crippen molar-refractivity contribution < 1.29 is 39.9 Å². The van der Waals surface area contributed by atoms with Gasteiger partial charge in [-0.3, -0.25) is 24.5 Å². The molecule has 2 aliphatic rings. The molecule has 0 bridgehead atoms. The molecule has 2 fully saturated rings. The highest BCUT2D eigenvalue weighted by molar-refractivity contribution is 5.88. The molecule has 2 aromatic heterocycles. The summed E-state index contributed by atoms with van der Waals surface area (Å²) >= 11 is 0. The highest BCUT2D eigenvalue weighted by Gasteiger charge is 2.53. The molecule has 3 atom stereocenters. The van der Waals surface area contributed by atoms with E-state index in [9.17, 15) is 19.5 Å². The zero-order valence-corrected chi connectivity index (χ0v) is 21.2. The molecule has 1 saturated heterocycles. The molecule has 0 radical (unpaired) electrons. The second-order valence-electron chi connectivity index (χ2n) is 10.2. The molecular weight excluding hydrogens is 506 g/mol. The molecule has 1 saturated carbocycles. The van der Waals surface area contributed by atoms with Crippen molar-refractivity contribution in [3.8, 4) is 0 Å². The molecule has 1 aliphatic carbocycles. The number of likely N-dealkylation sites (tertiary alicyclic amines) is 1. The maximum Gasteiger partial charge on any atom is 0.336 e. The number of pyridine rings is 2. The summed E-state index contributed by atoms with van der Waals surface area (Å²) in [5.41, 5.74) is -0.311. The number of aliphatic carboxylic acids is 3. The summed E-state index contributed by atoms with van der Waals surface area (Å²) < 4.78 is 0. The van der Waals surface area contributed by atoms with E-state index >= 15 is 0 Å². The number of aromatic nitrogens is 2. The smallest absolute Gasteiger partial charge is 0.336 e. The summed E-state index contributed by atoms with van der Waals surface area (Å²) in [6, 6.07) is 16.4. The molecule has 1 aromatic carbocycles. The minimum Gasteiger partial charge on any atom is -0.481 e. The van der Waals surface area contributed by atoms with Gasteiger partial charge in [-0.2, -0.15) is 0 Å². The van der Waals surface area contributed by atoms with E-state index in [-0.39, 0.29) is 5.92 Å². The van der Waals surface area contributed by atoms with Gasteiger partial charge in [-0.25, -0.2) is 4.79 Å². The number of hydrogen-bond acceptors (Lipinski definition) is 8. The Hall–Kier alpha value is -3.93. The Labute approximate surface area is 224 Å². The fourth-order valence-corrected chi connectivity index (χ4v) is 5.71. The van der Waals surface area contributed by atoms with Crippen LogP contribution in [0, 0.1) is 11.8 Å². The van der Waals surface area contributed by atoms with E-state index in [0.717, 1.165) is 43.7 Å². The van der Waals surface area contributed by atoms with Crippen LogP contribution in [0.3, 0.4) is 0 Å². The van der Waals surface area contributed by atoms with Gasteiger partial charge in [0.25, 0.3) is 0 Å². The molecule has 0 unspecified atom stereocenters. The average molecular weight is 538 g/mol. The number of rotatable bonds is 8. The predicted molar refractivity (Wildman–Crippen MR) is 138 cm³/mol. The third kappa shape index (κ3) is 6.22. The molecule has 11 heteroatoms. The van der Waals surface area contributed by atoms with Crippen LogP contribution in [0.25, 0.3) is 10.9 Å². The predicted octanol–water partition coefficient (Wildman–Crippen LogP) is 2.11. The molecular formula is C28H31N3O8. The van der Waals surface area contributed by atoms with Gasteiger partial charge >= 0.3 is 17.9 Å². The lowest BCUT2D eigenvalue weighted by Gasteiger charge is -2.29. The quantitative estimate of drug-likeness (QED) is 0.284. The number of hydrogen-bond donors (Lipinski definition) is 5. The molecule has 206 valence electrons. The average Bonchev–Trinajstić information content (AvgIpc) is 3.44. The van der Waals surface area contributed by atoms with Gasteiger partial charge in [0.1, 0.15) is 5.60 Å². The Balaban J connectivity index is 0.000000233. The Kier molecular flexibility index (Phi) is 8.24. The van der Waals surface area contributed by atoms with Crippen LogP contribution in [-0.2, 0) is 26.5 Å². The van der Waals surface area contributed by atoms with E-state index in [1.807, 2.05) is 30.5 Å².